The van der Waals surface area contributed by atoms with Crippen molar-refractivity contribution in [3.05, 3.63) is 59.4 Å². The second kappa shape index (κ2) is 7.60. The molecular weight excluding hydrogens is 326 g/mol. The number of nitrogens with zero attached hydrogens (tertiary/aromatic N) is 2. The molecule has 5 heteroatoms. The number of aromatic nitrogens is 1. The molecule has 1 aliphatic heterocycles. The van der Waals surface area contributed by atoms with Crippen LogP contribution in [0.2, 0.25) is 0 Å². The molecule has 5 nitrogen and oxygen atoms in total. The van der Waals surface area contributed by atoms with Gasteiger partial charge in [0.15, 0.2) is 0 Å². The van der Waals surface area contributed by atoms with Gasteiger partial charge in [0.1, 0.15) is 6.04 Å². The average Bonchev–Trinajstić information content (AvgIpc) is 2.93. The number of carbonyl (C=O) groups excluding carboxylic acids is 2. The van der Waals surface area contributed by atoms with E-state index in [9.17, 15) is 9.59 Å². The zero-order chi connectivity index (χ0) is 18.7. The van der Waals surface area contributed by atoms with E-state index < -0.39 is 0 Å². The van der Waals surface area contributed by atoms with Crippen LogP contribution in [-0.4, -0.2) is 40.4 Å². The van der Waals surface area contributed by atoms with Gasteiger partial charge in [-0.2, -0.15) is 0 Å². The molecule has 2 amide bonds. The van der Waals surface area contributed by atoms with Crippen LogP contribution in [0.15, 0.2) is 42.5 Å². The largest absolute Gasteiger partial charge is 0.353 e. The van der Waals surface area contributed by atoms with Gasteiger partial charge in [0, 0.05) is 36.2 Å². The van der Waals surface area contributed by atoms with E-state index in [4.69, 9.17) is 0 Å². The molecule has 1 fully saturated rings. The van der Waals surface area contributed by atoms with E-state index in [0.29, 0.717) is 19.5 Å². The molecule has 1 atom stereocenters. The second-order valence-corrected chi connectivity index (χ2v) is 6.58. The Hall–Kier alpha value is -2.82. The van der Waals surface area contributed by atoms with Gasteiger partial charge < -0.3 is 14.8 Å². The van der Waals surface area contributed by atoms with E-state index in [1.54, 1.807) is 11.0 Å². The lowest BCUT2D eigenvalue weighted by Gasteiger charge is -2.33. The SMILES string of the molecule is CCC1C(=O)NCCN1C(=O)C=Cc1cc(C)n(-c2ccccc2)c1C. The number of aryl methyl sites for hydroxylation is 1. The Bertz CT molecular complexity index is 836. The molecule has 1 N–H and O–H groups in total. The number of nitrogens with one attached hydrogen (secondary N) is 1. The summed E-state index contributed by atoms with van der Waals surface area (Å²) in [4.78, 5) is 26.2. The van der Waals surface area contributed by atoms with Crippen molar-refractivity contribution in [3.63, 3.8) is 0 Å². The molecule has 2 heterocycles. The van der Waals surface area contributed by atoms with Crippen LogP contribution in [0.3, 0.4) is 0 Å². The summed E-state index contributed by atoms with van der Waals surface area (Å²) in [5.74, 6) is -0.182. The summed E-state index contributed by atoms with van der Waals surface area (Å²) in [5, 5.41) is 2.82. The molecule has 1 aliphatic rings. The van der Waals surface area contributed by atoms with Crippen molar-refractivity contribution >= 4 is 17.9 Å². The molecule has 1 aromatic carbocycles. The van der Waals surface area contributed by atoms with Gasteiger partial charge in [-0.1, -0.05) is 25.1 Å². The molecule has 1 unspecified atom stereocenters. The molecule has 136 valence electrons. The van der Waals surface area contributed by atoms with E-state index in [0.717, 1.165) is 22.6 Å². The summed E-state index contributed by atoms with van der Waals surface area (Å²) < 4.78 is 2.17. The van der Waals surface area contributed by atoms with Crippen molar-refractivity contribution < 1.29 is 9.59 Å². The number of hydrogen-bond acceptors (Lipinski definition) is 2. The maximum Gasteiger partial charge on any atom is 0.247 e. The Morgan fingerprint density at radius 2 is 2.00 bits per heavy atom. The van der Waals surface area contributed by atoms with Crippen LogP contribution in [0.4, 0.5) is 0 Å². The summed E-state index contributed by atoms with van der Waals surface area (Å²) in [6.45, 7) is 7.09. The molecule has 0 aliphatic carbocycles. The van der Waals surface area contributed by atoms with E-state index >= 15 is 0 Å². The number of benzene rings is 1. The fourth-order valence-corrected chi connectivity index (χ4v) is 3.57. The number of para-hydroxylation sites is 1. The first-order chi connectivity index (χ1) is 12.5. The maximum atomic E-state index is 12.6. The fourth-order valence-electron chi connectivity index (χ4n) is 3.57. The Kier molecular flexibility index (Phi) is 5.26. The molecule has 2 aromatic rings. The van der Waals surface area contributed by atoms with Crippen molar-refractivity contribution in [2.24, 2.45) is 0 Å². The Morgan fingerprint density at radius 3 is 2.69 bits per heavy atom. The molecular formula is C21H25N3O2. The third-order valence-electron chi connectivity index (χ3n) is 4.89. The van der Waals surface area contributed by atoms with Crippen LogP contribution in [-0.2, 0) is 9.59 Å². The summed E-state index contributed by atoms with van der Waals surface area (Å²) in [6.07, 6.45) is 4.05. The number of amides is 2. The minimum absolute atomic E-state index is 0.0669. The van der Waals surface area contributed by atoms with Crippen molar-refractivity contribution in [2.45, 2.75) is 33.2 Å². The second-order valence-electron chi connectivity index (χ2n) is 6.58. The number of piperazine rings is 1. The number of carbonyl (C=O) groups is 2. The normalized spacial score (nSPS) is 17.6. The van der Waals surface area contributed by atoms with Gasteiger partial charge in [-0.15, -0.1) is 0 Å². The lowest BCUT2D eigenvalue weighted by Crippen LogP contribution is -2.56. The Morgan fingerprint density at radius 1 is 1.27 bits per heavy atom. The monoisotopic (exact) mass is 351 g/mol. The summed E-state index contributed by atoms with van der Waals surface area (Å²) in [6, 6.07) is 11.9. The predicted molar refractivity (Wildman–Crippen MR) is 103 cm³/mol. The highest BCUT2D eigenvalue weighted by atomic mass is 16.2. The minimum atomic E-state index is -0.377. The first-order valence-electron chi connectivity index (χ1n) is 9.03. The van der Waals surface area contributed by atoms with Crippen molar-refractivity contribution in [1.82, 2.24) is 14.8 Å². The summed E-state index contributed by atoms with van der Waals surface area (Å²) in [5.41, 5.74) is 4.31. The maximum absolute atomic E-state index is 12.6. The van der Waals surface area contributed by atoms with Crippen molar-refractivity contribution in [1.29, 1.82) is 0 Å². The van der Waals surface area contributed by atoms with Crippen molar-refractivity contribution in [2.75, 3.05) is 13.1 Å². The van der Waals surface area contributed by atoms with Crippen LogP contribution >= 0.6 is 0 Å². The van der Waals surface area contributed by atoms with E-state index in [2.05, 4.69) is 35.0 Å². The molecule has 0 radical (unpaired) electrons. The first kappa shape index (κ1) is 18.0. The third kappa shape index (κ3) is 3.43. The summed E-state index contributed by atoms with van der Waals surface area (Å²) in [7, 11) is 0. The molecule has 26 heavy (non-hydrogen) atoms. The molecule has 0 bridgehead atoms. The van der Waals surface area contributed by atoms with Crippen molar-refractivity contribution in [3.8, 4) is 5.69 Å². The first-order valence-corrected chi connectivity index (χ1v) is 9.03. The van der Waals surface area contributed by atoms with E-state index in [-0.39, 0.29) is 17.9 Å². The van der Waals surface area contributed by atoms with Gasteiger partial charge >= 0.3 is 0 Å². The van der Waals surface area contributed by atoms with Crippen LogP contribution in [0.1, 0.15) is 30.3 Å². The Labute approximate surface area is 154 Å². The van der Waals surface area contributed by atoms with E-state index in [1.807, 2.05) is 38.1 Å². The molecule has 3 rings (SSSR count). The molecule has 0 spiro atoms. The van der Waals surface area contributed by atoms with Crippen LogP contribution in [0.25, 0.3) is 11.8 Å². The lowest BCUT2D eigenvalue weighted by molar-refractivity contribution is -0.140. The third-order valence-corrected chi connectivity index (χ3v) is 4.89. The molecule has 1 aromatic heterocycles. The topological polar surface area (TPSA) is 54.3 Å². The van der Waals surface area contributed by atoms with Gasteiger partial charge in [-0.3, -0.25) is 9.59 Å². The zero-order valence-electron chi connectivity index (χ0n) is 15.5. The average molecular weight is 351 g/mol. The van der Waals surface area contributed by atoms with Gasteiger partial charge in [0.05, 0.1) is 0 Å². The van der Waals surface area contributed by atoms with Crippen LogP contribution in [0.5, 0.6) is 0 Å². The van der Waals surface area contributed by atoms with Gasteiger partial charge in [0.2, 0.25) is 11.8 Å². The smallest absolute Gasteiger partial charge is 0.247 e. The standard InChI is InChI=1S/C21H25N3O2/c1-4-19-21(26)22-12-13-23(19)20(25)11-10-17-14-15(2)24(16(17)3)18-8-6-5-7-9-18/h5-11,14,19H,4,12-13H2,1-3H3,(H,22,26). The van der Waals surface area contributed by atoms with Gasteiger partial charge in [-0.25, -0.2) is 0 Å². The van der Waals surface area contributed by atoms with E-state index in [1.165, 1.54) is 0 Å². The summed E-state index contributed by atoms with van der Waals surface area (Å²) >= 11 is 0. The highest BCUT2D eigenvalue weighted by molar-refractivity contribution is 5.96. The highest BCUT2D eigenvalue weighted by Crippen LogP contribution is 2.22. The Balaban J connectivity index is 1.83. The number of rotatable bonds is 4. The number of hydrogen-bond donors (Lipinski definition) is 1. The predicted octanol–water partition coefficient (Wildman–Crippen LogP) is 2.84. The highest BCUT2D eigenvalue weighted by Gasteiger charge is 2.30. The minimum Gasteiger partial charge on any atom is -0.353 e. The van der Waals surface area contributed by atoms with Gasteiger partial charge in [0.25, 0.3) is 0 Å². The van der Waals surface area contributed by atoms with Crippen LogP contribution < -0.4 is 5.32 Å². The quantitative estimate of drug-likeness (QED) is 0.861. The fraction of sp³-hybridized carbons (Fsp3) is 0.333. The van der Waals surface area contributed by atoms with Crippen LogP contribution in [0, 0.1) is 13.8 Å². The lowest BCUT2D eigenvalue weighted by atomic mass is 10.1. The van der Waals surface area contributed by atoms with Gasteiger partial charge in [-0.05, 0) is 50.1 Å². The zero-order valence-corrected chi connectivity index (χ0v) is 15.5. The molecule has 0 saturated carbocycles. The molecule has 1 saturated heterocycles.